The van der Waals surface area contributed by atoms with Crippen molar-refractivity contribution in [3.05, 3.63) is 48.6 Å². The minimum absolute atomic E-state index is 0.00104. The fourth-order valence-corrected chi connectivity index (χ4v) is 6.09. The summed E-state index contributed by atoms with van der Waals surface area (Å²) in [5.41, 5.74) is 0. The summed E-state index contributed by atoms with van der Waals surface area (Å²) in [5, 5.41) is 33.0. The Labute approximate surface area is 304 Å². The molecule has 0 radical (unpaired) electrons. The van der Waals surface area contributed by atoms with Crippen LogP contribution in [0, 0.1) is 0 Å². The van der Waals surface area contributed by atoms with Gasteiger partial charge < -0.3 is 20.6 Å². The fraction of sp³-hybridized carbons (Fsp3) is 0.795. The topological polar surface area (TPSA) is 89.8 Å². The van der Waals surface area contributed by atoms with Crippen LogP contribution in [0.4, 0.5) is 0 Å². The summed E-state index contributed by atoms with van der Waals surface area (Å²) in [7, 11) is 0. The second kappa shape index (κ2) is 39.1. The zero-order valence-electron chi connectivity index (χ0n) is 32.3. The van der Waals surface area contributed by atoms with Crippen LogP contribution in [0.2, 0.25) is 0 Å². The molecular weight excluding hydrogens is 606 g/mol. The smallest absolute Gasteiger partial charge is 0.222 e. The van der Waals surface area contributed by atoms with Crippen LogP contribution in [0.1, 0.15) is 200 Å². The molecule has 4 N–H and O–H groups in total. The monoisotopic (exact) mass is 688 g/mol. The van der Waals surface area contributed by atoms with E-state index in [1.54, 1.807) is 6.08 Å². The number of unbranched alkanes of at least 4 members (excludes halogenated alkanes) is 22. The van der Waals surface area contributed by atoms with Gasteiger partial charge in [-0.05, 0) is 64.2 Å². The predicted octanol–water partition coefficient (Wildman–Crippen LogP) is 11.8. The molecule has 0 aromatic rings. The van der Waals surface area contributed by atoms with Crippen molar-refractivity contribution >= 4 is 5.91 Å². The Kier molecular flexibility index (Phi) is 37.8. The molecule has 5 nitrogen and oxygen atoms in total. The van der Waals surface area contributed by atoms with E-state index in [1.165, 1.54) is 135 Å². The van der Waals surface area contributed by atoms with Gasteiger partial charge in [0.25, 0.3) is 0 Å². The second-order valence-electron chi connectivity index (χ2n) is 14.2. The van der Waals surface area contributed by atoms with Gasteiger partial charge in [0.15, 0.2) is 0 Å². The Balaban J connectivity index is 3.63. The van der Waals surface area contributed by atoms with E-state index in [2.05, 4.69) is 55.6 Å². The van der Waals surface area contributed by atoms with Crippen LogP contribution in [0.25, 0.3) is 0 Å². The predicted molar refractivity (Wildman–Crippen MR) is 213 cm³/mol. The van der Waals surface area contributed by atoms with E-state index < -0.39 is 18.2 Å². The summed E-state index contributed by atoms with van der Waals surface area (Å²) in [4.78, 5) is 12.4. The molecule has 0 aromatic carbocycles. The highest BCUT2D eigenvalue weighted by Crippen LogP contribution is 2.14. The molecule has 0 aliphatic rings. The van der Waals surface area contributed by atoms with Gasteiger partial charge in [-0.2, -0.15) is 0 Å². The number of hydrogen-bond donors (Lipinski definition) is 4. The molecule has 0 fully saturated rings. The van der Waals surface area contributed by atoms with E-state index in [9.17, 15) is 20.1 Å². The van der Waals surface area contributed by atoms with Gasteiger partial charge in [0.1, 0.15) is 0 Å². The molecule has 0 aliphatic heterocycles. The highest BCUT2D eigenvalue weighted by Gasteiger charge is 2.20. The molecule has 0 saturated heterocycles. The van der Waals surface area contributed by atoms with Gasteiger partial charge >= 0.3 is 0 Å². The first kappa shape index (κ1) is 47.3. The van der Waals surface area contributed by atoms with Crippen molar-refractivity contribution in [3.8, 4) is 0 Å². The number of allylic oxidation sites excluding steroid dienone is 7. The first-order chi connectivity index (χ1) is 24.0. The largest absolute Gasteiger partial charge is 0.394 e. The van der Waals surface area contributed by atoms with Crippen LogP contribution in [0.15, 0.2) is 48.6 Å². The van der Waals surface area contributed by atoms with Crippen molar-refractivity contribution in [1.29, 1.82) is 0 Å². The lowest BCUT2D eigenvalue weighted by molar-refractivity contribution is -0.124. The van der Waals surface area contributed by atoms with E-state index in [0.29, 0.717) is 6.42 Å². The fourth-order valence-electron chi connectivity index (χ4n) is 6.09. The van der Waals surface area contributed by atoms with Gasteiger partial charge in [0, 0.05) is 0 Å². The van der Waals surface area contributed by atoms with Crippen LogP contribution < -0.4 is 5.32 Å². The highest BCUT2D eigenvalue weighted by atomic mass is 16.3. The van der Waals surface area contributed by atoms with E-state index in [1.807, 2.05) is 6.08 Å². The van der Waals surface area contributed by atoms with Crippen LogP contribution in [0.3, 0.4) is 0 Å². The number of rotatable bonds is 37. The Morgan fingerprint density at radius 1 is 0.531 bits per heavy atom. The van der Waals surface area contributed by atoms with Crippen molar-refractivity contribution in [2.24, 2.45) is 0 Å². The van der Waals surface area contributed by atoms with Gasteiger partial charge in [0.05, 0.1) is 31.3 Å². The zero-order valence-corrected chi connectivity index (χ0v) is 32.3. The Morgan fingerprint density at radius 3 is 1.47 bits per heavy atom. The summed E-state index contributed by atoms with van der Waals surface area (Å²) in [6.07, 6.45) is 49.8. The molecule has 0 saturated carbocycles. The average Bonchev–Trinajstić information content (AvgIpc) is 3.09. The van der Waals surface area contributed by atoms with Crippen molar-refractivity contribution in [2.75, 3.05) is 6.61 Å². The minimum Gasteiger partial charge on any atom is -0.394 e. The maximum absolute atomic E-state index is 12.4. The standard InChI is InChI=1S/C44H81NO4/c1-3-5-7-9-11-13-14-15-16-17-18-19-20-21-22-23-24-25-26-27-28-30-31-33-35-37-41(47)39-44(49)45-42(40-46)43(48)38-36-34-32-29-12-10-8-6-4-2/h12,18-19,21-22,29,36,38,41-43,46-48H,3-11,13-17,20,23-28,30-35,37,39-40H2,1-2H3,(H,45,49)/b19-18-,22-21-,29-12+,38-36+. The zero-order chi connectivity index (χ0) is 35.9. The van der Waals surface area contributed by atoms with Gasteiger partial charge in [0.2, 0.25) is 5.91 Å². The molecule has 0 rings (SSSR count). The van der Waals surface area contributed by atoms with E-state index in [0.717, 1.165) is 38.5 Å². The van der Waals surface area contributed by atoms with Gasteiger partial charge in [-0.3, -0.25) is 4.79 Å². The van der Waals surface area contributed by atoms with Crippen molar-refractivity contribution < 1.29 is 20.1 Å². The third-order valence-electron chi connectivity index (χ3n) is 9.34. The van der Waals surface area contributed by atoms with Gasteiger partial charge in [-0.25, -0.2) is 0 Å². The highest BCUT2D eigenvalue weighted by molar-refractivity contribution is 5.76. The molecule has 0 aliphatic carbocycles. The van der Waals surface area contributed by atoms with Crippen LogP contribution in [-0.2, 0) is 4.79 Å². The summed E-state index contributed by atoms with van der Waals surface area (Å²) in [6.45, 7) is 4.14. The number of hydrogen-bond acceptors (Lipinski definition) is 4. The van der Waals surface area contributed by atoms with Crippen molar-refractivity contribution in [2.45, 2.75) is 218 Å². The molecule has 0 aromatic heterocycles. The lowest BCUT2D eigenvalue weighted by atomic mass is 10.0. The Bertz CT molecular complexity index is 805. The third-order valence-corrected chi connectivity index (χ3v) is 9.34. The molecule has 3 unspecified atom stereocenters. The van der Waals surface area contributed by atoms with Crippen molar-refractivity contribution in [1.82, 2.24) is 5.32 Å². The first-order valence-electron chi connectivity index (χ1n) is 20.9. The van der Waals surface area contributed by atoms with E-state index in [4.69, 9.17) is 0 Å². The molecule has 0 bridgehead atoms. The second-order valence-corrected chi connectivity index (χ2v) is 14.2. The third kappa shape index (κ3) is 35.9. The van der Waals surface area contributed by atoms with Crippen LogP contribution in [0.5, 0.6) is 0 Å². The number of aliphatic hydroxyl groups is 3. The summed E-state index contributed by atoms with van der Waals surface area (Å²) >= 11 is 0. The van der Waals surface area contributed by atoms with Crippen LogP contribution >= 0.6 is 0 Å². The quantitative estimate of drug-likeness (QED) is 0.0386. The molecule has 0 spiro atoms. The minimum atomic E-state index is -0.951. The molecule has 0 heterocycles. The molecule has 3 atom stereocenters. The normalized spacial score (nSPS) is 14.1. The molecule has 286 valence electrons. The summed E-state index contributed by atoms with van der Waals surface area (Å²) in [5.74, 6) is -0.332. The van der Waals surface area contributed by atoms with Crippen molar-refractivity contribution in [3.63, 3.8) is 0 Å². The van der Waals surface area contributed by atoms with E-state index in [-0.39, 0.29) is 18.9 Å². The molecule has 5 heteroatoms. The number of nitrogens with one attached hydrogen (secondary N) is 1. The lowest BCUT2D eigenvalue weighted by Crippen LogP contribution is -2.45. The maximum Gasteiger partial charge on any atom is 0.222 e. The first-order valence-corrected chi connectivity index (χ1v) is 20.9. The Morgan fingerprint density at radius 2 is 0.939 bits per heavy atom. The lowest BCUT2D eigenvalue weighted by Gasteiger charge is -2.21. The van der Waals surface area contributed by atoms with Crippen LogP contribution in [-0.4, -0.2) is 46.1 Å². The molecular formula is C44H81NO4. The summed E-state index contributed by atoms with van der Waals surface area (Å²) in [6, 6.07) is -0.761. The molecule has 1 amide bonds. The van der Waals surface area contributed by atoms with E-state index >= 15 is 0 Å². The van der Waals surface area contributed by atoms with Gasteiger partial charge in [-0.1, -0.05) is 178 Å². The number of amides is 1. The molecule has 49 heavy (non-hydrogen) atoms. The number of aliphatic hydroxyl groups excluding tert-OH is 3. The average molecular weight is 688 g/mol. The maximum atomic E-state index is 12.4. The number of carbonyl (C=O) groups excluding carboxylic acids is 1. The Hall–Kier alpha value is -1.69. The number of carbonyl (C=O) groups is 1. The summed E-state index contributed by atoms with van der Waals surface area (Å²) < 4.78 is 0. The van der Waals surface area contributed by atoms with Gasteiger partial charge in [-0.15, -0.1) is 0 Å². The SMILES string of the molecule is CCCCC/C=C/CC/C=C/C(O)C(CO)NC(=O)CC(O)CCCCCCCCCCC/C=C\C/C=C\CCCCCCCCCCC.